The van der Waals surface area contributed by atoms with Crippen molar-refractivity contribution in [1.82, 2.24) is 10.1 Å². The van der Waals surface area contributed by atoms with Gasteiger partial charge in [0.1, 0.15) is 4.88 Å². The molecule has 30 heavy (non-hydrogen) atoms. The molecule has 0 fully saturated rings. The van der Waals surface area contributed by atoms with E-state index in [1.807, 2.05) is 6.07 Å². The molecule has 8 heteroatoms. The topological polar surface area (TPSA) is 56.0 Å². The Balaban J connectivity index is 1.54. The van der Waals surface area contributed by atoms with E-state index in [9.17, 15) is 18.0 Å². The van der Waals surface area contributed by atoms with Crippen LogP contribution >= 0.6 is 11.3 Å². The van der Waals surface area contributed by atoms with Gasteiger partial charge in [-0.1, -0.05) is 47.6 Å². The van der Waals surface area contributed by atoms with Crippen LogP contribution in [0.4, 0.5) is 13.2 Å². The van der Waals surface area contributed by atoms with Crippen LogP contribution in [0.2, 0.25) is 0 Å². The summed E-state index contributed by atoms with van der Waals surface area (Å²) in [6, 6.07) is 15.1. The number of carbonyl (C=O) groups excluding carboxylic acids is 1. The van der Waals surface area contributed by atoms with Gasteiger partial charge in [-0.05, 0) is 29.7 Å². The second-order valence-electron chi connectivity index (χ2n) is 6.94. The van der Waals surface area contributed by atoms with Crippen molar-refractivity contribution in [3.63, 3.8) is 0 Å². The minimum Gasteiger partial charge on any atom is -0.333 e. The summed E-state index contributed by atoms with van der Waals surface area (Å²) in [5, 5.41) is 3.94. The molecule has 5 rings (SSSR count). The molecule has 4 nitrogen and oxygen atoms in total. The summed E-state index contributed by atoms with van der Waals surface area (Å²) in [6.45, 7) is 0. The Bertz CT molecular complexity index is 1260. The van der Waals surface area contributed by atoms with Gasteiger partial charge in [-0.25, -0.2) is 0 Å². The van der Waals surface area contributed by atoms with Crippen LogP contribution in [0.3, 0.4) is 0 Å². The highest BCUT2D eigenvalue weighted by molar-refractivity contribution is 7.16. The molecule has 0 bridgehead atoms. The molecule has 0 saturated heterocycles. The minimum atomic E-state index is -4.50. The summed E-state index contributed by atoms with van der Waals surface area (Å²) >= 11 is 0.577. The molecule has 1 aliphatic carbocycles. The number of aromatic nitrogens is 2. The number of Topliss-reactive ketones (excluding diaryl/α,β-unsaturated/α-hetero) is 1. The highest BCUT2D eigenvalue weighted by Gasteiger charge is 2.37. The molecule has 0 unspecified atom stereocenters. The van der Waals surface area contributed by atoms with Crippen LogP contribution < -0.4 is 0 Å². The number of fused-ring (bicyclic) bond motifs is 1. The number of hydrogen-bond acceptors (Lipinski definition) is 5. The molecular weight excluding hydrogens is 413 g/mol. The lowest BCUT2D eigenvalue weighted by atomic mass is 10.1. The first-order valence-corrected chi connectivity index (χ1v) is 9.99. The van der Waals surface area contributed by atoms with E-state index in [1.165, 1.54) is 6.07 Å². The van der Waals surface area contributed by atoms with Crippen LogP contribution in [-0.2, 0) is 12.6 Å². The normalized spacial score (nSPS) is 13.6. The Labute approximate surface area is 173 Å². The highest BCUT2D eigenvalue weighted by atomic mass is 32.1. The smallest absolute Gasteiger partial charge is 0.333 e. The maximum atomic E-state index is 13.6. The molecule has 4 aromatic rings. The van der Waals surface area contributed by atoms with Crippen LogP contribution in [0.5, 0.6) is 0 Å². The Hall–Kier alpha value is -3.26. The van der Waals surface area contributed by atoms with Gasteiger partial charge >= 0.3 is 6.18 Å². The summed E-state index contributed by atoms with van der Waals surface area (Å²) in [6.07, 6.45) is -3.36. The maximum Gasteiger partial charge on any atom is 0.426 e. The van der Waals surface area contributed by atoms with Crippen LogP contribution in [0.15, 0.2) is 59.1 Å². The van der Waals surface area contributed by atoms with Gasteiger partial charge in [0, 0.05) is 23.1 Å². The molecule has 0 radical (unpaired) electrons. The quantitative estimate of drug-likeness (QED) is 0.387. The van der Waals surface area contributed by atoms with Crippen molar-refractivity contribution in [1.29, 1.82) is 0 Å². The van der Waals surface area contributed by atoms with E-state index in [-0.39, 0.29) is 27.9 Å². The summed E-state index contributed by atoms with van der Waals surface area (Å²) in [5.41, 5.74) is 2.83. The molecule has 0 amide bonds. The van der Waals surface area contributed by atoms with Gasteiger partial charge in [-0.15, -0.1) is 11.3 Å². The van der Waals surface area contributed by atoms with Crippen molar-refractivity contribution in [3.05, 3.63) is 70.6 Å². The number of thiophene rings is 1. The number of benzene rings is 2. The van der Waals surface area contributed by atoms with Gasteiger partial charge in [0.05, 0.1) is 4.88 Å². The first kappa shape index (κ1) is 18.7. The lowest BCUT2D eigenvalue weighted by Gasteiger charge is -2.07. The lowest BCUT2D eigenvalue weighted by molar-refractivity contribution is -0.133. The van der Waals surface area contributed by atoms with Gasteiger partial charge in [-0.3, -0.25) is 4.79 Å². The molecule has 150 valence electrons. The fourth-order valence-corrected chi connectivity index (χ4v) is 4.54. The molecular formula is C22H13F3N2O2S. The van der Waals surface area contributed by atoms with Gasteiger partial charge in [0.15, 0.2) is 5.78 Å². The number of rotatable bonds is 3. The van der Waals surface area contributed by atoms with Gasteiger partial charge < -0.3 is 4.52 Å². The number of halogens is 3. The summed E-state index contributed by atoms with van der Waals surface area (Å²) < 4.78 is 46.1. The molecule has 0 saturated carbocycles. The van der Waals surface area contributed by atoms with Crippen LogP contribution in [-0.4, -0.2) is 15.9 Å². The van der Waals surface area contributed by atoms with E-state index >= 15 is 0 Å². The third-order valence-corrected chi connectivity index (χ3v) is 6.16. The van der Waals surface area contributed by atoms with E-state index < -0.39 is 11.1 Å². The predicted molar refractivity (Wildman–Crippen MR) is 106 cm³/mol. The van der Waals surface area contributed by atoms with Crippen molar-refractivity contribution in [2.45, 2.75) is 19.0 Å². The van der Waals surface area contributed by atoms with E-state index in [0.717, 1.165) is 5.56 Å². The minimum absolute atomic E-state index is 0.0271. The Morgan fingerprint density at radius 2 is 1.73 bits per heavy atom. The number of aryl methyl sites for hydroxylation is 1. The average molecular weight is 426 g/mol. The van der Waals surface area contributed by atoms with Crippen molar-refractivity contribution < 1.29 is 22.5 Å². The Morgan fingerprint density at radius 3 is 2.50 bits per heavy atom. The van der Waals surface area contributed by atoms with Crippen molar-refractivity contribution in [2.24, 2.45) is 0 Å². The largest absolute Gasteiger partial charge is 0.426 e. The number of carbonyl (C=O) groups is 1. The summed E-state index contributed by atoms with van der Waals surface area (Å²) in [5.74, 6) is 0.409. The summed E-state index contributed by atoms with van der Waals surface area (Å²) in [4.78, 5) is 15.6. The van der Waals surface area contributed by atoms with Crippen molar-refractivity contribution >= 4 is 17.1 Å². The third kappa shape index (κ3) is 3.23. The second-order valence-corrected chi connectivity index (χ2v) is 7.99. The summed E-state index contributed by atoms with van der Waals surface area (Å²) in [7, 11) is 0. The first-order chi connectivity index (χ1) is 14.4. The second kappa shape index (κ2) is 6.91. The van der Waals surface area contributed by atoms with Gasteiger partial charge in [0.2, 0.25) is 5.82 Å². The molecule has 0 N–H and O–H groups in total. The van der Waals surface area contributed by atoms with E-state index in [1.54, 1.807) is 42.5 Å². The number of hydrogen-bond donors (Lipinski definition) is 0. The lowest BCUT2D eigenvalue weighted by Crippen LogP contribution is -2.03. The fourth-order valence-electron chi connectivity index (χ4n) is 3.57. The van der Waals surface area contributed by atoms with Gasteiger partial charge in [0.25, 0.3) is 5.89 Å². The number of nitrogens with zero attached hydrogens (tertiary/aromatic N) is 2. The predicted octanol–water partition coefficient (Wildman–Crippen LogP) is 6.28. The maximum absolute atomic E-state index is 13.6. The molecule has 2 aromatic carbocycles. The molecule has 0 spiro atoms. The third-order valence-electron chi connectivity index (χ3n) is 5.00. The zero-order valence-electron chi connectivity index (χ0n) is 15.4. The van der Waals surface area contributed by atoms with Crippen LogP contribution in [0.25, 0.3) is 33.3 Å². The van der Waals surface area contributed by atoms with Crippen molar-refractivity contribution in [2.75, 3.05) is 0 Å². The molecule has 0 atom stereocenters. The number of ketones is 1. The number of alkyl halides is 3. The molecule has 0 aliphatic heterocycles. The Kier molecular flexibility index (Phi) is 4.32. The van der Waals surface area contributed by atoms with E-state index in [2.05, 4.69) is 10.1 Å². The highest BCUT2D eigenvalue weighted by Crippen LogP contribution is 2.45. The average Bonchev–Trinajstić information content (AvgIpc) is 3.46. The molecule has 1 aliphatic rings. The van der Waals surface area contributed by atoms with E-state index in [4.69, 9.17) is 4.52 Å². The monoisotopic (exact) mass is 426 g/mol. The Morgan fingerprint density at radius 1 is 0.933 bits per heavy atom. The van der Waals surface area contributed by atoms with E-state index in [0.29, 0.717) is 40.9 Å². The van der Waals surface area contributed by atoms with Crippen molar-refractivity contribution in [3.8, 4) is 33.3 Å². The van der Waals surface area contributed by atoms with Gasteiger partial charge in [-0.2, -0.15) is 18.2 Å². The zero-order valence-corrected chi connectivity index (χ0v) is 16.2. The van der Waals surface area contributed by atoms with Crippen LogP contribution in [0, 0.1) is 0 Å². The fraction of sp³-hybridized carbons (Fsp3) is 0.136. The zero-order chi connectivity index (χ0) is 20.9. The van der Waals surface area contributed by atoms with Crippen LogP contribution in [0.1, 0.15) is 27.2 Å². The molecule has 2 aromatic heterocycles. The standard InChI is InChI=1S/C22H13F3N2O2S/c23-22(24,25)19-16(12-4-2-1-3-5-12)11-18(30-19)21-26-20(27-29-21)14-6-8-15-13(10-14)7-9-17(15)28/h1-6,8,10-11H,7,9H2. The first-order valence-electron chi connectivity index (χ1n) is 9.17. The SMILES string of the molecule is O=C1CCc2cc(-c3noc(-c4cc(-c5ccccc5)c(C(F)(F)F)s4)n3)ccc21. The molecule has 2 heterocycles.